The maximum absolute atomic E-state index is 14.5. The van der Waals surface area contributed by atoms with Crippen molar-refractivity contribution in [3.05, 3.63) is 64.7 Å². The van der Waals surface area contributed by atoms with Crippen LogP contribution in [0, 0.1) is 19.8 Å². The molecule has 1 aliphatic carbocycles. The summed E-state index contributed by atoms with van der Waals surface area (Å²) in [5, 5.41) is 15.5. The Morgan fingerprint density at radius 3 is 2.21 bits per heavy atom. The molecule has 0 spiro atoms. The van der Waals surface area contributed by atoms with Crippen LogP contribution in [-0.2, 0) is 20.7 Å². The number of aryl methyl sites for hydroxylation is 2. The number of benzene rings is 2. The minimum atomic E-state index is -0.989. The van der Waals surface area contributed by atoms with Crippen LogP contribution in [0.25, 0.3) is 0 Å². The molecule has 0 bridgehead atoms. The van der Waals surface area contributed by atoms with Gasteiger partial charge in [-0.25, -0.2) is 4.79 Å². The summed E-state index contributed by atoms with van der Waals surface area (Å²) >= 11 is 0. The Morgan fingerprint density at radius 1 is 1.05 bits per heavy atom. The summed E-state index contributed by atoms with van der Waals surface area (Å²) in [5.41, 5.74) is 2.66. The predicted molar refractivity (Wildman–Crippen MR) is 151 cm³/mol. The molecule has 4 atom stereocenters. The molecule has 2 aromatic carbocycles. The number of ether oxygens (including phenoxy) is 1. The number of phenolic OH excluding ortho intramolecular Hbond substituents is 1. The van der Waals surface area contributed by atoms with E-state index in [1.807, 2.05) is 45.9 Å². The highest BCUT2D eigenvalue weighted by molar-refractivity contribution is 5.93. The average Bonchev–Trinajstić information content (AvgIpc) is 3.53. The van der Waals surface area contributed by atoms with E-state index in [1.54, 1.807) is 49.9 Å². The number of nitrogens with zero attached hydrogens (tertiary/aromatic N) is 1. The summed E-state index contributed by atoms with van der Waals surface area (Å²) in [6, 6.07) is 10.3. The van der Waals surface area contributed by atoms with Crippen molar-refractivity contribution in [2.75, 3.05) is 0 Å². The number of nitrogens with one attached hydrogen (secondary N) is 2. The zero-order chi connectivity index (χ0) is 29.1. The van der Waals surface area contributed by atoms with Crippen LogP contribution in [0.1, 0.15) is 76.3 Å². The second-order valence-electron chi connectivity index (χ2n) is 12.0. The normalized spacial score (nSPS) is 18.2. The first kappa shape index (κ1) is 30.0. The fourth-order valence-corrected chi connectivity index (χ4v) is 4.71. The first-order valence-electron chi connectivity index (χ1n) is 13.6. The van der Waals surface area contributed by atoms with Gasteiger partial charge in [-0.05, 0) is 89.6 Å². The van der Waals surface area contributed by atoms with Gasteiger partial charge < -0.3 is 25.4 Å². The number of carbonyl (C=O) groups excluding carboxylic acids is 3. The van der Waals surface area contributed by atoms with Gasteiger partial charge in [-0.1, -0.05) is 42.8 Å². The number of hydrogen-bond donors (Lipinski definition) is 3. The van der Waals surface area contributed by atoms with Crippen molar-refractivity contribution in [3.63, 3.8) is 0 Å². The molecule has 3 amide bonds. The summed E-state index contributed by atoms with van der Waals surface area (Å²) in [4.78, 5) is 42.8. The third-order valence-electron chi connectivity index (χ3n) is 6.73. The van der Waals surface area contributed by atoms with Gasteiger partial charge in [0.2, 0.25) is 11.8 Å². The quantitative estimate of drug-likeness (QED) is 0.420. The minimum absolute atomic E-state index is 0.107. The lowest BCUT2D eigenvalue weighted by Crippen LogP contribution is -2.55. The molecule has 8 nitrogen and oxygen atoms in total. The second-order valence-corrected chi connectivity index (χ2v) is 12.0. The van der Waals surface area contributed by atoms with Gasteiger partial charge in [-0.15, -0.1) is 0 Å². The summed E-state index contributed by atoms with van der Waals surface area (Å²) in [7, 11) is 0. The maximum atomic E-state index is 14.5. The molecule has 0 aromatic heterocycles. The molecule has 0 saturated heterocycles. The van der Waals surface area contributed by atoms with Crippen LogP contribution in [0.3, 0.4) is 0 Å². The van der Waals surface area contributed by atoms with E-state index in [-0.39, 0.29) is 42.0 Å². The SMILES string of the molecule is Cc1ccc(C)c(C(C(=O)NC(C)C)N(C(=O)C(Cc2ccc(O)cc2)NC(=O)OC(C)(C)C)C2CC2C)c1. The van der Waals surface area contributed by atoms with Crippen LogP contribution < -0.4 is 10.6 Å². The Morgan fingerprint density at radius 2 is 1.67 bits per heavy atom. The molecule has 1 aliphatic rings. The first-order chi connectivity index (χ1) is 18.2. The highest BCUT2D eigenvalue weighted by Gasteiger charge is 2.48. The maximum Gasteiger partial charge on any atom is 0.408 e. The van der Waals surface area contributed by atoms with Gasteiger partial charge >= 0.3 is 6.09 Å². The van der Waals surface area contributed by atoms with E-state index in [1.165, 1.54) is 0 Å². The van der Waals surface area contributed by atoms with Crippen molar-refractivity contribution < 1.29 is 24.2 Å². The van der Waals surface area contributed by atoms with Crippen molar-refractivity contribution in [2.24, 2.45) is 5.92 Å². The van der Waals surface area contributed by atoms with Crippen molar-refractivity contribution in [1.29, 1.82) is 0 Å². The molecule has 4 unspecified atom stereocenters. The molecule has 2 aromatic rings. The van der Waals surface area contributed by atoms with E-state index in [9.17, 15) is 19.5 Å². The van der Waals surface area contributed by atoms with Gasteiger partial charge in [0.05, 0.1) is 0 Å². The van der Waals surface area contributed by atoms with Crippen molar-refractivity contribution >= 4 is 17.9 Å². The zero-order valence-electron chi connectivity index (χ0n) is 24.4. The predicted octanol–water partition coefficient (Wildman–Crippen LogP) is 4.95. The molecule has 0 radical (unpaired) electrons. The minimum Gasteiger partial charge on any atom is -0.508 e. The van der Waals surface area contributed by atoms with Crippen molar-refractivity contribution in [1.82, 2.24) is 15.5 Å². The van der Waals surface area contributed by atoms with E-state index in [0.29, 0.717) is 0 Å². The van der Waals surface area contributed by atoms with Gasteiger partial charge in [-0.3, -0.25) is 9.59 Å². The lowest BCUT2D eigenvalue weighted by Gasteiger charge is -2.36. The van der Waals surface area contributed by atoms with Crippen molar-refractivity contribution in [2.45, 2.75) is 98.0 Å². The zero-order valence-corrected chi connectivity index (χ0v) is 24.4. The molecule has 3 N–H and O–H groups in total. The van der Waals surface area contributed by atoms with Crippen LogP contribution in [0.2, 0.25) is 0 Å². The summed E-state index contributed by atoms with van der Waals surface area (Å²) in [5.74, 6) is -0.292. The highest BCUT2D eigenvalue weighted by atomic mass is 16.6. The van der Waals surface area contributed by atoms with Crippen LogP contribution in [0.15, 0.2) is 42.5 Å². The van der Waals surface area contributed by atoms with Crippen molar-refractivity contribution in [3.8, 4) is 5.75 Å². The number of alkyl carbamates (subject to hydrolysis) is 1. The van der Waals surface area contributed by atoms with Gasteiger partial charge in [0.15, 0.2) is 0 Å². The molecule has 212 valence electrons. The lowest BCUT2D eigenvalue weighted by atomic mass is 9.95. The lowest BCUT2D eigenvalue weighted by molar-refractivity contribution is -0.143. The Balaban J connectivity index is 2.08. The van der Waals surface area contributed by atoms with E-state index in [2.05, 4.69) is 17.6 Å². The Bertz CT molecular complexity index is 1190. The van der Waals surface area contributed by atoms with E-state index in [0.717, 1.165) is 28.7 Å². The summed E-state index contributed by atoms with van der Waals surface area (Å²) in [6.45, 7) is 15.0. The third kappa shape index (κ3) is 8.22. The Labute approximate surface area is 232 Å². The number of phenols is 1. The average molecular weight is 538 g/mol. The van der Waals surface area contributed by atoms with Crippen LogP contribution in [0.5, 0.6) is 5.75 Å². The van der Waals surface area contributed by atoms with E-state index in [4.69, 9.17) is 4.74 Å². The van der Waals surface area contributed by atoms with Gasteiger partial charge in [-0.2, -0.15) is 0 Å². The molecule has 1 saturated carbocycles. The molecule has 0 heterocycles. The fraction of sp³-hybridized carbons (Fsp3) is 0.516. The largest absolute Gasteiger partial charge is 0.508 e. The van der Waals surface area contributed by atoms with Crippen LogP contribution in [-0.4, -0.2) is 51.6 Å². The molecule has 39 heavy (non-hydrogen) atoms. The monoisotopic (exact) mass is 537 g/mol. The molecule has 0 aliphatic heterocycles. The molecular formula is C31H43N3O5. The molecular weight excluding hydrogens is 494 g/mol. The van der Waals surface area contributed by atoms with Gasteiger partial charge in [0.25, 0.3) is 0 Å². The molecule has 1 fully saturated rings. The van der Waals surface area contributed by atoms with Crippen LogP contribution >= 0.6 is 0 Å². The number of amides is 3. The highest BCUT2D eigenvalue weighted by Crippen LogP contribution is 2.41. The first-order valence-corrected chi connectivity index (χ1v) is 13.6. The van der Waals surface area contributed by atoms with Gasteiger partial charge in [0, 0.05) is 18.5 Å². The Kier molecular flexibility index (Phi) is 9.30. The number of carbonyl (C=O) groups is 3. The topological polar surface area (TPSA) is 108 Å². The second kappa shape index (κ2) is 12.1. The third-order valence-corrected chi connectivity index (χ3v) is 6.73. The van der Waals surface area contributed by atoms with E-state index >= 15 is 0 Å². The summed E-state index contributed by atoms with van der Waals surface area (Å²) < 4.78 is 5.49. The van der Waals surface area contributed by atoms with Gasteiger partial charge in [0.1, 0.15) is 23.4 Å². The molecule has 8 heteroatoms. The number of rotatable bonds is 9. The summed E-state index contributed by atoms with van der Waals surface area (Å²) in [6.07, 6.45) is 0.222. The molecule has 3 rings (SSSR count). The smallest absolute Gasteiger partial charge is 0.408 e. The fourth-order valence-electron chi connectivity index (χ4n) is 4.71. The van der Waals surface area contributed by atoms with Crippen LogP contribution in [0.4, 0.5) is 4.79 Å². The van der Waals surface area contributed by atoms with E-state index < -0.39 is 23.8 Å². The Hall–Kier alpha value is -3.55. The number of hydrogen-bond acceptors (Lipinski definition) is 5. The number of aromatic hydroxyl groups is 1. The standard InChI is InChI=1S/C31H43N3O5/c1-18(2)32-28(36)27(24-15-19(3)9-10-20(24)4)34(26-16-21(26)5)29(37)25(33-30(38)39-31(6,7)8)17-22-11-13-23(35)14-12-22/h9-15,18,21,25-27,35H,16-17H2,1-8H3,(H,32,36)(H,33,38).